The van der Waals surface area contributed by atoms with Gasteiger partial charge in [-0.15, -0.1) is 0 Å². The molecule has 0 radical (unpaired) electrons. The zero-order chi connectivity index (χ0) is 16.0. The number of likely N-dealkylation sites (tertiary alicyclic amines) is 1. The molecule has 1 aliphatic rings. The van der Waals surface area contributed by atoms with E-state index in [4.69, 9.17) is 0 Å². The zero-order valence-electron chi connectivity index (χ0n) is 13.8. The Hall–Kier alpha value is -1.26. The molecule has 5 nitrogen and oxygen atoms in total. The predicted molar refractivity (Wildman–Crippen MR) is 83.3 cm³/mol. The Bertz CT molecular complexity index is 369. The van der Waals surface area contributed by atoms with Gasteiger partial charge in [0.2, 0.25) is 0 Å². The lowest BCUT2D eigenvalue weighted by Gasteiger charge is -2.36. The normalized spacial score (nSPS) is 23.4. The fourth-order valence-corrected chi connectivity index (χ4v) is 3.56. The van der Waals surface area contributed by atoms with Crippen molar-refractivity contribution in [3.63, 3.8) is 0 Å². The van der Waals surface area contributed by atoms with Crippen molar-refractivity contribution in [2.24, 2.45) is 5.92 Å². The van der Waals surface area contributed by atoms with Crippen LogP contribution in [0.2, 0.25) is 0 Å². The molecule has 2 N–H and O–H groups in total. The van der Waals surface area contributed by atoms with Gasteiger partial charge >= 0.3 is 12.0 Å². The Morgan fingerprint density at radius 3 is 2.38 bits per heavy atom. The Kier molecular flexibility index (Phi) is 6.49. The third-order valence-electron chi connectivity index (χ3n) is 4.90. The van der Waals surface area contributed by atoms with Gasteiger partial charge in [-0.3, -0.25) is 0 Å². The van der Waals surface area contributed by atoms with Crippen molar-refractivity contribution < 1.29 is 14.7 Å². The molecule has 1 fully saturated rings. The average Bonchev–Trinajstić information content (AvgIpc) is 2.85. The summed E-state index contributed by atoms with van der Waals surface area (Å²) in [5, 5.41) is 12.6. The number of rotatable bonds is 7. The molecule has 1 rings (SSSR count). The van der Waals surface area contributed by atoms with Gasteiger partial charge in [0.1, 0.15) is 5.54 Å². The first-order chi connectivity index (χ1) is 9.92. The third kappa shape index (κ3) is 3.69. The Morgan fingerprint density at radius 2 is 1.90 bits per heavy atom. The van der Waals surface area contributed by atoms with Gasteiger partial charge < -0.3 is 15.3 Å². The topological polar surface area (TPSA) is 69.6 Å². The molecule has 21 heavy (non-hydrogen) atoms. The number of nitrogens with zero attached hydrogens (tertiary/aromatic N) is 1. The fraction of sp³-hybridized carbons (Fsp3) is 0.875. The van der Waals surface area contributed by atoms with Gasteiger partial charge in [0.25, 0.3) is 0 Å². The number of amides is 2. The molecular weight excluding hydrogens is 268 g/mol. The van der Waals surface area contributed by atoms with Crippen LogP contribution in [0.15, 0.2) is 0 Å². The van der Waals surface area contributed by atoms with Crippen LogP contribution in [-0.2, 0) is 4.79 Å². The van der Waals surface area contributed by atoms with Crippen LogP contribution >= 0.6 is 0 Å². The van der Waals surface area contributed by atoms with Crippen molar-refractivity contribution in [1.82, 2.24) is 10.2 Å². The number of carbonyl (C=O) groups is 2. The van der Waals surface area contributed by atoms with Crippen LogP contribution in [0.5, 0.6) is 0 Å². The van der Waals surface area contributed by atoms with E-state index in [2.05, 4.69) is 19.2 Å². The second kappa shape index (κ2) is 7.66. The summed E-state index contributed by atoms with van der Waals surface area (Å²) in [6, 6.07) is -0.149. The molecule has 0 saturated carbocycles. The summed E-state index contributed by atoms with van der Waals surface area (Å²) < 4.78 is 0. The maximum absolute atomic E-state index is 12.5. The molecule has 122 valence electrons. The maximum Gasteiger partial charge on any atom is 0.329 e. The summed E-state index contributed by atoms with van der Waals surface area (Å²) in [7, 11) is 0. The highest BCUT2D eigenvalue weighted by atomic mass is 16.4. The van der Waals surface area contributed by atoms with Crippen LogP contribution in [-0.4, -0.2) is 40.1 Å². The molecule has 0 aromatic carbocycles. The summed E-state index contributed by atoms with van der Waals surface area (Å²) >= 11 is 0. The number of hydrogen-bond donors (Lipinski definition) is 2. The molecule has 2 unspecified atom stereocenters. The lowest BCUT2D eigenvalue weighted by atomic mass is 9.90. The SMILES string of the molecule is CCCC1(C(=O)O)CCCN1C(=O)NC(C)C(CC)CC. The highest BCUT2D eigenvalue weighted by Gasteiger charge is 2.49. The number of carboxylic acid groups (broad SMARTS) is 1. The van der Waals surface area contributed by atoms with Crippen molar-refractivity contribution in [3.05, 3.63) is 0 Å². The molecule has 0 bridgehead atoms. The second-order valence-electron chi connectivity index (χ2n) is 6.16. The zero-order valence-corrected chi connectivity index (χ0v) is 13.8. The highest BCUT2D eigenvalue weighted by Crippen LogP contribution is 2.34. The fourth-order valence-electron chi connectivity index (χ4n) is 3.56. The van der Waals surface area contributed by atoms with Crippen molar-refractivity contribution in [2.45, 2.75) is 77.8 Å². The van der Waals surface area contributed by atoms with Gasteiger partial charge in [-0.05, 0) is 32.1 Å². The standard InChI is InChI=1S/C16H30N2O3/c1-5-9-16(14(19)20)10-8-11-18(16)15(21)17-12(4)13(6-2)7-3/h12-13H,5-11H2,1-4H3,(H,17,21)(H,19,20). The van der Waals surface area contributed by atoms with Crippen molar-refractivity contribution in [2.75, 3.05) is 6.54 Å². The van der Waals surface area contributed by atoms with E-state index >= 15 is 0 Å². The molecule has 0 spiro atoms. The number of hydrogen-bond acceptors (Lipinski definition) is 2. The molecule has 0 aromatic rings. The maximum atomic E-state index is 12.5. The number of carbonyl (C=O) groups excluding carboxylic acids is 1. The van der Waals surface area contributed by atoms with Gasteiger partial charge in [0, 0.05) is 12.6 Å². The molecule has 1 saturated heterocycles. The van der Waals surface area contributed by atoms with E-state index in [9.17, 15) is 14.7 Å². The second-order valence-corrected chi connectivity index (χ2v) is 6.16. The van der Waals surface area contributed by atoms with Crippen molar-refractivity contribution in [1.29, 1.82) is 0 Å². The molecule has 0 aliphatic carbocycles. The van der Waals surface area contributed by atoms with Gasteiger partial charge in [-0.25, -0.2) is 9.59 Å². The lowest BCUT2D eigenvalue weighted by Crippen LogP contribution is -2.57. The summed E-state index contributed by atoms with van der Waals surface area (Å²) in [5.74, 6) is -0.436. The van der Waals surface area contributed by atoms with Crippen LogP contribution < -0.4 is 5.32 Å². The first kappa shape index (κ1) is 17.8. The Labute approximate surface area is 128 Å². The molecule has 0 aromatic heterocycles. The average molecular weight is 298 g/mol. The van der Waals surface area contributed by atoms with E-state index in [0.717, 1.165) is 25.7 Å². The van der Waals surface area contributed by atoms with Crippen LogP contribution in [0.25, 0.3) is 0 Å². The lowest BCUT2D eigenvalue weighted by molar-refractivity contribution is -0.148. The summed E-state index contributed by atoms with van der Waals surface area (Å²) in [6.45, 7) is 8.74. The van der Waals surface area contributed by atoms with Gasteiger partial charge in [-0.1, -0.05) is 40.0 Å². The quantitative estimate of drug-likeness (QED) is 0.758. The van der Waals surface area contributed by atoms with Gasteiger partial charge in [0.05, 0.1) is 0 Å². The van der Waals surface area contributed by atoms with Crippen LogP contribution in [0.4, 0.5) is 4.79 Å². The largest absolute Gasteiger partial charge is 0.479 e. The minimum absolute atomic E-state index is 0.0706. The highest BCUT2D eigenvalue weighted by molar-refractivity contribution is 5.87. The monoisotopic (exact) mass is 298 g/mol. The smallest absolute Gasteiger partial charge is 0.329 e. The summed E-state index contributed by atoms with van der Waals surface area (Å²) in [6.07, 6.45) is 4.63. The number of carboxylic acids is 1. The summed E-state index contributed by atoms with van der Waals surface area (Å²) in [5.41, 5.74) is -1.01. The van der Waals surface area contributed by atoms with E-state index in [-0.39, 0.29) is 12.1 Å². The van der Waals surface area contributed by atoms with E-state index in [1.165, 1.54) is 0 Å². The first-order valence-electron chi connectivity index (χ1n) is 8.24. The number of urea groups is 1. The van der Waals surface area contributed by atoms with Crippen LogP contribution in [0, 0.1) is 5.92 Å². The van der Waals surface area contributed by atoms with Crippen molar-refractivity contribution >= 4 is 12.0 Å². The molecule has 2 atom stereocenters. The van der Waals surface area contributed by atoms with E-state index in [0.29, 0.717) is 25.3 Å². The Morgan fingerprint density at radius 1 is 1.29 bits per heavy atom. The van der Waals surface area contributed by atoms with Gasteiger partial charge in [-0.2, -0.15) is 0 Å². The molecule has 1 aliphatic heterocycles. The molecule has 5 heteroatoms. The van der Waals surface area contributed by atoms with E-state index < -0.39 is 11.5 Å². The molecular formula is C16H30N2O3. The minimum atomic E-state index is -1.01. The minimum Gasteiger partial charge on any atom is -0.479 e. The van der Waals surface area contributed by atoms with Crippen LogP contribution in [0.3, 0.4) is 0 Å². The number of aliphatic carboxylic acids is 1. The van der Waals surface area contributed by atoms with Crippen molar-refractivity contribution in [3.8, 4) is 0 Å². The van der Waals surface area contributed by atoms with Crippen LogP contribution in [0.1, 0.15) is 66.2 Å². The Balaban J connectivity index is 2.82. The van der Waals surface area contributed by atoms with E-state index in [1.807, 2.05) is 13.8 Å². The first-order valence-corrected chi connectivity index (χ1v) is 8.24. The summed E-state index contributed by atoms with van der Waals surface area (Å²) in [4.78, 5) is 25.8. The van der Waals surface area contributed by atoms with Gasteiger partial charge in [0.15, 0.2) is 0 Å². The predicted octanol–water partition coefficient (Wildman–Crippen LogP) is 3.24. The molecule has 2 amide bonds. The van der Waals surface area contributed by atoms with E-state index in [1.54, 1.807) is 4.90 Å². The third-order valence-corrected chi connectivity index (χ3v) is 4.90. The molecule has 1 heterocycles. The number of nitrogens with one attached hydrogen (secondary N) is 1.